The van der Waals surface area contributed by atoms with Crippen LogP contribution in [-0.2, 0) is 21.6 Å². The molecular formula is C24H21ClN2O3. The summed E-state index contributed by atoms with van der Waals surface area (Å²) in [6, 6.07) is 21.1. The normalized spacial score (nSPS) is 17.7. The Labute approximate surface area is 179 Å². The van der Waals surface area contributed by atoms with Gasteiger partial charge in [-0.2, -0.15) is 0 Å². The van der Waals surface area contributed by atoms with Crippen molar-refractivity contribution in [3.8, 4) is 0 Å². The van der Waals surface area contributed by atoms with Gasteiger partial charge in [-0.3, -0.25) is 14.5 Å². The number of aliphatic hydroxyl groups is 1. The lowest BCUT2D eigenvalue weighted by Crippen LogP contribution is -2.44. The molecule has 3 aromatic carbocycles. The van der Waals surface area contributed by atoms with E-state index < -0.39 is 11.5 Å². The third kappa shape index (κ3) is 3.36. The Bertz CT molecular complexity index is 1130. The molecule has 6 heteroatoms. The van der Waals surface area contributed by atoms with Crippen molar-refractivity contribution in [1.82, 2.24) is 0 Å². The van der Waals surface area contributed by atoms with Crippen LogP contribution in [0, 0.1) is 0 Å². The van der Waals surface area contributed by atoms with Gasteiger partial charge in [0.05, 0.1) is 5.69 Å². The molecule has 30 heavy (non-hydrogen) atoms. The average Bonchev–Trinajstić information content (AvgIpc) is 2.97. The van der Waals surface area contributed by atoms with Gasteiger partial charge in [-0.1, -0.05) is 67.1 Å². The minimum absolute atomic E-state index is 0.212. The van der Waals surface area contributed by atoms with Gasteiger partial charge in [-0.25, -0.2) is 0 Å². The molecule has 1 aliphatic rings. The van der Waals surface area contributed by atoms with Crippen LogP contribution in [0.5, 0.6) is 0 Å². The van der Waals surface area contributed by atoms with E-state index in [-0.39, 0.29) is 12.5 Å². The Kier molecular flexibility index (Phi) is 5.33. The molecule has 0 bridgehead atoms. The first kappa shape index (κ1) is 20.1. The summed E-state index contributed by atoms with van der Waals surface area (Å²) in [5.74, 6) is -0.917. The molecule has 0 saturated heterocycles. The zero-order valence-corrected chi connectivity index (χ0v) is 17.2. The molecule has 0 aromatic heterocycles. The molecule has 3 aromatic rings. The van der Waals surface area contributed by atoms with Gasteiger partial charge in [0.25, 0.3) is 5.91 Å². The van der Waals surface area contributed by atoms with Gasteiger partial charge >= 0.3 is 0 Å². The van der Waals surface area contributed by atoms with E-state index >= 15 is 0 Å². The van der Waals surface area contributed by atoms with E-state index in [1.165, 1.54) is 4.90 Å². The van der Waals surface area contributed by atoms with Gasteiger partial charge < -0.3 is 10.4 Å². The summed E-state index contributed by atoms with van der Waals surface area (Å²) in [6.07, 6.45) is 0.774. The number of amides is 2. The number of aryl methyl sites for hydroxylation is 1. The zero-order chi connectivity index (χ0) is 21.3. The van der Waals surface area contributed by atoms with Crippen molar-refractivity contribution in [2.24, 2.45) is 0 Å². The van der Waals surface area contributed by atoms with Crippen molar-refractivity contribution < 1.29 is 14.7 Å². The number of halogens is 1. The number of nitrogens with one attached hydrogen (secondary N) is 1. The Morgan fingerprint density at radius 1 is 1.07 bits per heavy atom. The number of nitrogens with zero attached hydrogens (tertiary/aromatic N) is 1. The summed E-state index contributed by atoms with van der Waals surface area (Å²) < 4.78 is 0. The lowest BCUT2D eigenvalue weighted by molar-refractivity contribution is -0.133. The largest absolute Gasteiger partial charge is 0.372 e. The zero-order valence-electron chi connectivity index (χ0n) is 16.4. The minimum atomic E-state index is -1.90. The predicted molar refractivity (Wildman–Crippen MR) is 118 cm³/mol. The van der Waals surface area contributed by atoms with Crippen LogP contribution in [0.4, 0.5) is 11.4 Å². The van der Waals surface area contributed by atoms with Crippen molar-refractivity contribution >= 4 is 34.8 Å². The average molecular weight is 421 g/mol. The molecule has 0 saturated carbocycles. The maximum Gasteiger partial charge on any atom is 0.268 e. The van der Waals surface area contributed by atoms with Gasteiger partial charge in [-0.15, -0.1) is 0 Å². The van der Waals surface area contributed by atoms with Crippen molar-refractivity contribution in [3.63, 3.8) is 0 Å². The van der Waals surface area contributed by atoms with E-state index in [4.69, 9.17) is 11.6 Å². The Hall–Kier alpha value is -3.15. The highest BCUT2D eigenvalue weighted by atomic mass is 35.5. The fourth-order valence-electron chi connectivity index (χ4n) is 3.87. The van der Waals surface area contributed by atoms with Crippen molar-refractivity contribution in [2.45, 2.75) is 18.9 Å². The Morgan fingerprint density at radius 3 is 2.57 bits per heavy atom. The van der Waals surface area contributed by atoms with Gasteiger partial charge in [0.1, 0.15) is 6.54 Å². The molecule has 5 nitrogen and oxygen atoms in total. The number of benzene rings is 3. The molecule has 0 unspecified atom stereocenters. The molecule has 2 amide bonds. The Balaban J connectivity index is 1.66. The van der Waals surface area contributed by atoms with Gasteiger partial charge in [0.2, 0.25) is 5.91 Å². The second-order valence-corrected chi connectivity index (χ2v) is 7.62. The summed E-state index contributed by atoms with van der Waals surface area (Å²) in [4.78, 5) is 27.5. The highest BCUT2D eigenvalue weighted by molar-refractivity contribution is 6.30. The van der Waals surface area contributed by atoms with E-state index in [1.807, 2.05) is 31.2 Å². The van der Waals surface area contributed by atoms with Crippen LogP contribution in [0.1, 0.15) is 23.6 Å². The lowest BCUT2D eigenvalue weighted by atomic mass is 9.87. The van der Waals surface area contributed by atoms with Gasteiger partial charge in [0.15, 0.2) is 5.60 Å². The monoisotopic (exact) mass is 420 g/mol. The van der Waals surface area contributed by atoms with Crippen LogP contribution >= 0.6 is 11.6 Å². The van der Waals surface area contributed by atoms with Crippen LogP contribution in [0.2, 0.25) is 5.02 Å². The summed E-state index contributed by atoms with van der Waals surface area (Å²) in [6.45, 7) is 1.80. The third-order valence-corrected chi connectivity index (χ3v) is 5.59. The fourth-order valence-corrected chi connectivity index (χ4v) is 4.06. The first-order valence-corrected chi connectivity index (χ1v) is 10.1. The molecule has 0 radical (unpaired) electrons. The number of hydrogen-bond acceptors (Lipinski definition) is 3. The second kappa shape index (κ2) is 7.94. The third-order valence-electron chi connectivity index (χ3n) is 5.36. The van der Waals surface area contributed by atoms with Crippen LogP contribution in [0.15, 0.2) is 72.8 Å². The highest BCUT2D eigenvalue weighted by Gasteiger charge is 2.51. The molecule has 2 N–H and O–H groups in total. The number of carbonyl (C=O) groups excluding carboxylic acids is 2. The van der Waals surface area contributed by atoms with Gasteiger partial charge in [0, 0.05) is 16.3 Å². The molecule has 4 rings (SSSR count). The molecule has 0 aliphatic carbocycles. The van der Waals surface area contributed by atoms with Crippen molar-refractivity contribution in [2.75, 3.05) is 16.8 Å². The molecule has 1 aliphatic heterocycles. The molecule has 152 valence electrons. The molecule has 0 spiro atoms. The number of fused-ring (bicyclic) bond motifs is 1. The highest BCUT2D eigenvalue weighted by Crippen LogP contribution is 2.44. The van der Waals surface area contributed by atoms with Crippen LogP contribution < -0.4 is 10.2 Å². The molecule has 1 atom stereocenters. The number of anilines is 2. The quantitative estimate of drug-likeness (QED) is 0.652. The van der Waals surface area contributed by atoms with Crippen LogP contribution in [0.3, 0.4) is 0 Å². The number of hydrogen-bond donors (Lipinski definition) is 2. The number of carbonyl (C=O) groups is 2. The second-order valence-electron chi connectivity index (χ2n) is 7.19. The van der Waals surface area contributed by atoms with E-state index in [9.17, 15) is 14.7 Å². The smallest absolute Gasteiger partial charge is 0.268 e. The molecule has 0 fully saturated rings. The molecule has 1 heterocycles. The fraction of sp³-hybridized carbons (Fsp3) is 0.167. The topological polar surface area (TPSA) is 69.6 Å². The maximum atomic E-state index is 13.4. The van der Waals surface area contributed by atoms with Crippen molar-refractivity contribution in [3.05, 3.63) is 94.5 Å². The lowest BCUT2D eigenvalue weighted by Gasteiger charge is -2.24. The summed E-state index contributed by atoms with van der Waals surface area (Å²) in [5, 5.41) is 14.8. The standard InChI is InChI=1S/C24H21ClN2O3/c1-2-16-8-3-5-12-20(16)26-22(28)15-27-21-13-6-4-11-19(21)24(30,23(27)29)17-9-7-10-18(25)14-17/h3-14,30H,2,15H2,1H3,(H,26,28)/t24-/m1/s1. The summed E-state index contributed by atoms with van der Waals surface area (Å²) in [5.41, 5.74) is 1.13. The first-order chi connectivity index (χ1) is 14.4. The minimum Gasteiger partial charge on any atom is -0.372 e. The number of rotatable bonds is 5. The first-order valence-electron chi connectivity index (χ1n) is 9.72. The van der Waals surface area contributed by atoms with E-state index in [0.29, 0.717) is 21.8 Å². The van der Waals surface area contributed by atoms with E-state index in [2.05, 4.69) is 5.32 Å². The number of para-hydroxylation sites is 2. The summed E-state index contributed by atoms with van der Waals surface area (Å²) >= 11 is 6.10. The maximum absolute atomic E-state index is 13.4. The van der Waals surface area contributed by atoms with E-state index in [1.54, 1.807) is 48.5 Å². The SMILES string of the molecule is CCc1ccccc1NC(=O)CN1C(=O)[C@@](O)(c2cccc(Cl)c2)c2ccccc21. The van der Waals surface area contributed by atoms with Crippen molar-refractivity contribution in [1.29, 1.82) is 0 Å². The van der Waals surface area contributed by atoms with Crippen LogP contribution in [0.25, 0.3) is 0 Å². The Morgan fingerprint density at radius 2 is 1.80 bits per heavy atom. The van der Waals surface area contributed by atoms with E-state index in [0.717, 1.165) is 17.7 Å². The predicted octanol–water partition coefficient (Wildman–Crippen LogP) is 4.12. The van der Waals surface area contributed by atoms with Gasteiger partial charge in [-0.05, 0) is 41.8 Å². The molecular weight excluding hydrogens is 400 g/mol. The summed E-state index contributed by atoms with van der Waals surface area (Å²) in [7, 11) is 0. The van der Waals surface area contributed by atoms with Crippen LogP contribution in [-0.4, -0.2) is 23.5 Å².